The molecule has 1 aromatic heterocycles. The van der Waals surface area contributed by atoms with Crippen molar-refractivity contribution in [3.8, 4) is 0 Å². The minimum absolute atomic E-state index is 0.140. The number of imidazole rings is 1. The first kappa shape index (κ1) is 14.4. The zero-order valence-corrected chi connectivity index (χ0v) is 11.8. The van der Waals surface area contributed by atoms with Gasteiger partial charge in [0.1, 0.15) is 5.82 Å². The summed E-state index contributed by atoms with van der Waals surface area (Å²) in [5, 5.41) is 9.06. The standard InChI is InChI=1S/C13H20N4O3/c1-15-7-5-14-11(15)9-16(2)13(20)17-6-3-4-10(8-17)12(18)19/h5,7,10H,3-4,6,8-9H2,1-2H3,(H,18,19)/t10-/m1/s1. The van der Waals surface area contributed by atoms with Gasteiger partial charge >= 0.3 is 12.0 Å². The number of likely N-dealkylation sites (tertiary alicyclic amines) is 1. The molecule has 1 N–H and O–H groups in total. The highest BCUT2D eigenvalue weighted by Crippen LogP contribution is 2.18. The lowest BCUT2D eigenvalue weighted by atomic mass is 9.99. The van der Waals surface area contributed by atoms with Crippen molar-refractivity contribution >= 4 is 12.0 Å². The number of hydrogen-bond donors (Lipinski definition) is 1. The molecule has 7 nitrogen and oxygen atoms in total. The number of carboxylic acids is 1. The molecule has 0 spiro atoms. The third-order valence-corrected chi connectivity index (χ3v) is 3.67. The molecule has 0 aliphatic carbocycles. The van der Waals surface area contributed by atoms with Gasteiger partial charge in [-0.15, -0.1) is 0 Å². The van der Waals surface area contributed by atoms with Crippen LogP contribution >= 0.6 is 0 Å². The Labute approximate surface area is 117 Å². The lowest BCUT2D eigenvalue weighted by Gasteiger charge is -2.33. The number of carboxylic acid groups (broad SMARTS) is 1. The van der Waals surface area contributed by atoms with Crippen LogP contribution < -0.4 is 0 Å². The number of carbonyl (C=O) groups is 2. The quantitative estimate of drug-likeness (QED) is 0.887. The Morgan fingerprint density at radius 2 is 2.30 bits per heavy atom. The molecule has 2 amide bonds. The number of carbonyl (C=O) groups excluding carboxylic acids is 1. The number of nitrogens with zero attached hydrogens (tertiary/aromatic N) is 4. The average molecular weight is 280 g/mol. The van der Waals surface area contributed by atoms with Crippen LogP contribution in [0.5, 0.6) is 0 Å². The Morgan fingerprint density at radius 3 is 2.90 bits per heavy atom. The molecule has 2 heterocycles. The second-order valence-electron chi connectivity index (χ2n) is 5.22. The van der Waals surface area contributed by atoms with Gasteiger partial charge in [-0.05, 0) is 12.8 Å². The molecule has 20 heavy (non-hydrogen) atoms. The van der Waals surface area contributed by atoms with Crippen molar-refractivity contribution in [1.82, 2.24) is 19.4 Å². The summed E-state index contributed by atoms with van der Waals surface area (Å²) in [6, 6.07) is -0.140. The summed E-state index contributed by atoms with van der Waals surface area (Å²) in [5.41, 5.74) is 0. The third-order valence-electron chi connectivity index (χ3n) is 3.67. The Morgan fingerprint density at radius 1 is 1.55 bits per heavy atom. The first-order valence-corrected chi connectivity index (χ1v) is 6.68. The zero-order chi connectivity index (χ0) is 14.7. The number of urea groups is 1. The third kappa shape index (κ3) is 3.09. The summed E-state index contributed by atoms with van der Waals surface area (Å²) in [7, 11) is 3.59. The molecule has 1 atom stereocenters. The predicted octanol–water partition coefficient (Wildman–Crippen LogP) is 0.769. The van der Waals surface area contributed by atoms with E-state index in [1.807, 2.05) is 17.8 Å². The van der Waals surface area contributed by atoms with E-state index in [0.717, 1.165) is 12.2 Å². The molecular weight excluding hydrogens is 260 g/mol. The summed E-state index contributed by atoms with van der Waals surface area (Å²) in [5.74, 6) is -0.476. The van der Waals surface area contributed by atoms with E-state index in [0.29, 0.717) is 26.1 Å². The molecule has 110 valence electrons. The molecule has 1 aliphatic heterocycles. The van der Waals surface area contributed by atoms with Crippen LogP contribution in [0.3, 0.4) is 0 Å². The van der Waals surface area contributed by atoms with Crippen LogP contribution in [0.15, 0.2) is 12.4 Å². The van der Waals surface area contributed by atoms with Crippen molar-refractivity contribution in [1.29, 1.82) is 0 Å². The maximum atomic E-state index is 12.3. The van der Waals surface area contributed by atoms with E-state index in [1.165, 1.54) is 0 Å². The normalized spacial score (nSPS) is 18.9. The van der Waals surface area contributed by atoms with Gasteiger partial charge < -0.3 is 19.5 Å². The van der Waals surface area contributed by atoms with Gasteiger partial charge in [0, 0.05) is 39.6 Å². The summed E-state index contributed by atoms with van der Waals surface area (Å²) < 4.78 is 1.86. The van der Waals surface area contributed by atoms with E-state index in [1.54, 1.807) is 23.0 Å². The number of piperidine rings is 1. The lowest BCUT2D eigenvalue weighted by Crippen LogP contribution is -2.47. The van der Waals surface area contributed by atoms with E-state index in [9.17, 15) is 9.59 Å². The average Bonchev–Trinajstić information content (AvgIpc) is 2.83. The number of hydrogen-bond acceptors (Lipinski definition) is 3. The molecule has 1 aromatic rings. The van der Waals surface area contributed by atoms with Crippen LogP contribution in [0, 0.1) is 5.92 Å². The highest BCUT2D eigenvalue weighted by Gasteiger charge is 2.29. The van der Waals surface area contributed by atoms with E-state index < -0.39 is 11.9 Å². The van der Waals surface area contributed by atoms with Gasteiger partial charge in [-0.3, -0.25) is 4.79 Å². The number of aliphatic carboxylic acids is 1. The smallest absolute Gasteiger partial charge is 0.320 e. The maximum absolute atomic E-state index is 12.3. The van der Waals surface area contributed by atoms with Crippen LogP contribution in [-0.4, -0.2) is 56.6 Å². The SMILES string of the molecule is CN(Cc1nccn1C)C(=O)N1CCC[C@@H](C(=O)O)C1. The molecular formula is C13H20N4O3. The van der Waals surface area contributed by atoms with Crippen molar-refractivity contribution in [2.75, 3.05) is 20.1 Å². The molecule has 1 aliphatic rings. The summed E-state index contributed by atoms with van der Waals surface area (Å²) in [6.45, 7) is 1.32. The second-order valence-corrected chi connectivity index (χ2v) is 5.22. The Balaban J connectivity index is 1.96. The largest absolute Gasteiger partial charge is 0.481 e. The van der Waals surface area contributed by atoms with E-state index >= 15 is 0 Å². The van der Waals surface area contributed by atoms with Gasteiger partial charge in [-0.1, -0.05) is 0 Å². The number of amides is 2. The zero-order valence-electron chi connectivity index (χ0n) is 11.8. The van der Waals surface area contributed by atoms with Crippen molar-refractivity contribution in [3.05, 3.63) is 18.2 Å². The van der Waals surface area contributed by atoms with Crippen LogP contribution in [0.25, 0.3) is 0 Å². The highest BCUT2D eigenvalue weighted by atomic mass is 16.4. The Bertz CT molecular complexity index is 500. The van der Waals surface area contributed by atoms with Crippen molar-refractivity contribution < 1.29 is 14.7 Å². The predicted molar refractivity (Wildman–Crippen MR) is 72.0 cm³/mol. The fraction of sp³-hybridized carbons (Fsp3) is 0.615. The van der Waals surface area contributed by atoms with Crippen molar-refractivity contribution in [2.45, 2.75) is 19.4 Å². The monoisotopic (exact) mass is 280 g/mol. The van der Waals surface area contributed by atoms with Crippen molar-refractivity contribution in [3.63, 3.8) is 0 Å². The molecule has 0 aromatic carbocycles. The van der Waals surface area contributed by atoms with Gasteiger partial charge in [-0.25, -0.2) is 9.78 Å². The van der Waals surface area contributed by atoms with Gasteiger partial charge in [0.2, 0.25) is 0 Å². The first-order chi connectivity index (χ1) is 9.49. The number of aromatic nitrogens is 2. The first-order valence-electron chi connectivity index (χ1n) is 6.68. The van der Waals surface area contributed by atoms with Gasteiger partial charge in [0.05, 0.1) is 12.5 Å². The molecule has 2 rings (SSSR count). The highest BCUT2D eigenvalue weighted by molar-refractivity contribution is 5.76. The molecule has 0 saturated carbocycles. The summed E-state index contributed by atoms with van der Waals surface area (Å²) >= 11 is 0. The maximum Gasteiger partial charge on any atom is 0.320 e. The molecule has 0 unspecified atom stereocenters. The van der Waals surface area contributed by atoms with E-state index in [4.69, 9.17) is 5.11 Å². The number of rotatable bonds is 3. The van der Waals surface area contributed by atoms with Crippen LogP contribution in [0.2, 0.25) is 0 Å². The van der Waals surface area contributed by atoms with Gasteiger partial charge in [0.25, 0.3) is 0 Å². The second kappa shape index (κ2) is 5.94. The van der Waals surface area contributed by atoms with Gasteiger partial charge in [0.15, 0.2) is 0 Å². The van der Waals surface area contributed by atoms with Crippen LogP contribution in [-0.2, 0) is 18.4 Å². The van der Waals surface area contributed by atoms with E-state index in [-0.39, 0.29) is 6.03 Å². The molecule has 0 bridgehead atoms. The lowest BCUT2D eigenvalue weighted by molar-refractivity contribution is -0.143. The summed E-state index contributed by atoms with van der Waals surface area (Å²) in [4.78, 5) is 30.7. The topological polar surface area (TPSA) is 78.7 Å². The van der Waals surface area contributed by atoms with Crippen LogP contribution in [0.1, 0.15) is 18.7 Å². The molecule has 1 saturated heterocycles. The minimum atomic E-state index is -0.825. The van der Waals surface area contributed by atoms with Crippen molar-refractivity contribution in [2.24, 2.45) is 13.0 Å². The fourth-order valence-corrected chi connectivity index (χ4v) is 2.42. The molecule has 1 fully saturated rings. The summed E-state index contributed by atoms with van der Waals surface area (Å²) in [6.07, 6.45) is 4.89. The Hall–Kier alpha value is -2.05. The Kier molecular flexibility index (Phi) is 4.26. The van der Waals surface area contributed by atoms with Gasteiger partial charge in [-0.2, -0.15) is 0 Å². The molecule has 7 heteroatoms. The number of aryl methyl sites for hydroxylation is 1. The van der Waals surface area contributed by atoms with Crippen LogP contribution in [0.4, 0.5) is 4.79 Å². The minimum Gasteiger partial charge on any atom is -0.481 e. The van der Waals surface area contributed by atoms with E-state index in [2.05, 4.69) is 4.98 Å². The fourth-order valence-electron chi connectivity index (χ4n) is 2.42. The molecule has 0 radical (unpaired) electrons.